The Morgan fingerprint density at radius 2 is 2.06 bits per heavy atom. The number of nitrogens with zero attached hydrogens (tertiary/aromatic N) is 1. The number of carbonyl (C=O) groups excluding carboxylic acids is 2. The Bertz CT molecular complexity index is 877. The fraction of sp³-hybridized carbons (Fsp3) is 0.500. The lowest BCUT2D eigenvalue weighted by Gasteiger charge is -2.23. The highest BCUT2D eigenvalue weighted by molar-refractivity contribution is 5.97. The third kappa shape index (κ3) is 7.58. The monoisotopic (exact) mass is 434 g/mol. The van der Waals surface area contributed by atoms with Gasteiger partial charge in [0.25, 0.3) is 11.8 Å². The van der Waals surface area contributed by atoms with Crippen LogP contribution in [-0.4, -0.2) is 41.7 Å². The molecule has 0 radical (unpaired) electrons. The van der Waals surface area contributed by atoms with E-state index in [9.17, 15) is 14.0 Å². The lowest BCUT2D eigenvalue weighted by molar-refractivity contribution is -0.119. The molecule has 1 aromatic rings. The van der Waals surface area contributed by atoms with Crippen molar-refractivity contribution in [3.63, 3.8) is 0 Å². The van der Waals surface area contributed by atoms with Gasteiger partial charge >= 0.3 is 0 Å². The van der Waals surface area contributed by atoms with E-state index in [1.165, 1.54) is 20.8 Å². The molecule has 9 heteroatoms. The molecule has 0 bridgehead atoms. The maximum Gasteiger partial charge on any atom is 0.257 e. The average Bonchev–Trinajstić information content (AvgIpc) is 2.65. The Morgan fingerprint density at radius 3 is 2.68 bits per heavy atom. The van der Waals surface area contributed by atoms with Crippen LogP contribution in [0.4, 0.5) is 4.39 Å². The Labute approximate surface area is 182 Å². The highest BCUT2D eigenvalue weighted by Gasteiger charge is 2.21. The third-order valence-electron chi connectivity index (χ3n) is 4.22. The number of ether oxygens (including phenoxy) is 2. The molecule has 1 unspecified atom stereocenters. The minimum Gasteiger partial charge on any atom is -0.488 e. The minimum atomic E-state index is -1.51. The van der Waals surface area contributed by atoms with Gasteiger partial charge in [-0.15, -0.1) is 0 Å². The standard InChI is InChI=1S/C22H31FN4O4/c1-7-30-18-9-17(11-24-21(18)31-12-22(5,6)23)14(3)26-20(29)16-8-13(2)25-19(10-16)27-15(4)28/h8-11,13-14,25H,7,12H2,1-6H3,(H,26,29)(H,27,28)/t13-,14?/m0/s1. The number of dihydropyridines is 1. The van der Waals surface area contributed by atoms with Gasteiger partial charge in [-0.3, -0.25) is 9.59 Å². The van der Waals surface area contributed by atoms with Crippen LogP contribution >= 0.6 is 0 Å². The van der Waals surface area contributed by atoms with Crippen LogP contribution in [0.5, 0.6) is 11.6 Å². The summed E-state index contributed by atoms with van der Waals surface area (Å²) in [4.78, 5) is 28.3. The van der Waals surface area contributed by atoms with E-state index in [-0.39, 0.29) is 36.4 Å². The predicted octanol–water partition coefficient (Wildman–Crippen LogP) is 2.68. The van der Waals surface area contributed by atoms with Crippen molar-refractivity contribution < 1.29 is 23.5 Å². The quantitative estimate of drug-likeness (QED) is 0.552. The number of carbonyl (C=O) groups is 2. The van der Waals surface area contributed by atoms with Crippen LogP contribution in [0.3, 0.4) is 0 Å². The molecule has 2 rings (SSSR count). The van der Waals surface area contributed by atoms with Gasteiger partial charge in [-0.1, -0.05) is 0 Å². The smallest absolute Gasteiger partial charge is 0.257 e. The highest BCUT2D eigenvalue weighted by atomic mass is 19.1. The second-order valence-electron chi connectivity index (χ2n) is 8.00. The number of nitrogens with one attached hydrogen (secondary N) is 3. The lowest BCUT2D eigenvalue weighted by atomic mass is 10.1. The lowest BCUT2D eigenvalue weighted by Crippen LogP contribution is -2.38. The number of alkyl halides is 1. The summed E-state index contributed by atoms with van der Waals surface area (Å²) in [6.45, 7) is 9.98. The van der Waals surface area contributed by atoms with Gasteiger partial charge < -0.3 is 25.4 Å². The molecule has 2 atom stereocenters. The zero-order valence-corrected chi connectivity index (χ0v) is 18.8. The number of rotatable bonds is 9. The number of halogens is 1. The first-order valence-electron chi connectivity index (χ1n) is 10.2. The maximum absolute atomic E-state index is 13.8. The molecule has 31 heavy (non-hydrogen) atoms. The molecule has 1 aromatic heterocycles. The molecule has 0 spiro atoms. The summed E-state index contributed by atoms with van der Waals surface area (Å²) in [6.07, 6.45) is 4.92. The first-order valence-corrected chi connectivity index (χ1v) is 10.2. The van der Waals surface area contributed by atoms with Crippen LogP contribution in [0.25, 0.3) is 0 Å². The molecular weight excluding hydrogens is 403 g/mol. The van der Waals surface area contributed by atoms with E-state index in [4.69, 9.17) is 9.47 Å². The van der Waals surface area contributed by atoms with E-state index in [1.807, 2.05) is 20.8 Å². The van der Waals surface area contributed by atoms with Crippen LogP contribution < -0.4 is 25.4 Å². The summed E-state index contributed by atoms with van der Waals surface area (Å²) in [5, 5.41) is 8.65. The van der Waals surface area contributed by atoms with Gasteiger partial charge in [0.05, 0.1) is 12.6 Å². The van der Waals surface area contributed by atoms with Crippen molar-refractivity contribution in [1.82, 2.24) is 20.9 Å². The van der Waals surface area contributed by atoms with Crippen LogP contribution in [-0.2, 0) is 9.59 Å². The molecule has 3 N–H and O–H groups in total. The summed E-state index contributed by atoms with van der Waals surface area (Å²) in [5.41, 5.74) is -0.365. The summed E-state index contributed by atoms with van der Waals surface area (Å²) >= 11 is 0. The van der Waals surface area contributed by atoms with Crippen molar-refractivity contribution in [1.29, 1.82) is 0 Å². The Morgan fingerprint density at radius 1 is 1.35 bits per heavy atom. The molecule has 1 aliphatic rings. The number of amides is 2. The largest absolute Gasteiger partial charge is 0.488 e. The molecule has 2 heterocycles. The van der Waals surface area contributed by atoms with E-state index < -0.39 is 5.67 Å². The molecule has 0 aliphatic carbocycles. The Hall–Kier alpha value is -3.10. The summed E-state index contributed by atoms with van der Waals surface area (Å²) in [6, 6.07) is 1.22. The van der Waals surface area contributed by atoms with E-state index in [1.54, 1.807) is 24.4 Å². The zero-order valence-electron chi connectivity index (χ0n) is 18.8. The number of hydrogen-bond donors (Lipinski definition) is 3. The molecule has 2 amide bonds. The van der Waals surface area contributed by atoms with E-state index >= 15 is 0 Å². The number of pyridine rings is 1. The second-order valence-corrected chi connectivity index (χ2v) is 8.00. The molecular formula is C22H31FN4O4. The predicted molar refractivity (Wildman–Crippen MR) is 115 cm³/mol. The molecule has 1 aliphatic heterocycles. The summed E-state index contributed by atoms with van der Waals surface area (Å²) in [5.74, 6) is 0.536. The molecule has 0 aromatic carbocycles. The van der Waals surface area contributed by atoms with Crippen molar-refractivity contribution in [3.8, 4) is 11.6 Å². The van der Waals surface area contributed by atoms with Gasteiger partial charge in [0, 0.05) is 24.7 Å². The number of hydrogen-bond acceptors (Lipinski definition) is 6. The van der Waals surface area contributed by atoms with Gasteiger partial charge in [-0.2, -0.15) is 0 Å². The Kier molecular flexibility index (Phi) is 8.01. The van der Waals surface area contributed by atoms with Crippen LogP contribution in [0, 0.1) is 0 Å². The van der Waals surface area contributed by atoms with Crippen molar-refractivity contribution in [2.24, 2.45) is 0 Å². The Balaban J connectivity index is 2.14. The van der Waals surface area contributed by atoms with Gasteiger partial charge in [0.2, 0.25) is 5.91 Å². The molecule has 0 saturated heterocycles. The maximum atomic E-state index is 13.8. The van der Waals surface area contributed by atoms with E-state index in [0.29, 0.717) is 29.3 Å². The molecule has 0 saturated carbocycles. The summed E-state index contributed by atoms with van der Waals surface area (Å²) < 4.78 is 24.8. The SMILES string of the molecule is CCOc1cc(C(C)NC(=O)C2=C[C@H](C)NC(NC(C)=O)=C2)cnc1OCC(C)(C)F. The summed E-state index contributed by atoms with van der Waals surface area (Å²) in [7, 11) is 0. The van der Waals surface area contributed by atoms with Gasteiger partial charge in [0.1, 0.15) is 18.1 Å². The first-order chi connectivity index (χ1) is 14.5. The number of aromatic nitrogens is 1. The van der Waals surface area contributed by atoms with Crippen LogP contribution in [0.15, 0.2) is 35.8 Å². The van der Waals surface area contributed by atoms with Crippen LogP contribution in [0.2, 0.25) is 0 Å². The fourth-order valence-electron chi connectivity index (χ4n) is 2.86. The van der Waals surface area contributed by atoms with Crippen molar-refractivity contribution >= 4 is 11.8 Å². The average molecular weight is 435 g/mol. The van der Waals surface area contributed by atoms with Gasteiger partial charge in [-0.05, 0) is 58.4 Å². The molecule has 8 nitrogen and oxygen atoms in total. The zero-order chi connectivity index (χ0) is 23.2. The molecule has 170 valence electrons. The van der Waals surface area contributed by atoms with Crippen LogP contribution in [0.1, 0.15) is 53.1 Å². The third-order valence-corrected chi connectivity index (χ3v) is 4.22. The molecule has 0 fully saturated rings. The van der Waals surface area contributed by atoms with Gasteiger partial charge in [-0.25, -0.2) is 9.37 Å². The normalized spacial score (nSPS) is 16.9. The second kappa shape index (κ2) is 10.3. The fourth-order valence-corrected chi connectivity index (χ4v) is 2.86. The highest BCUT2D eigenvalue weighted by Crippen LogP contribution is 2.29. The van der Waals surface area contributed by atoms with Crippen molar-refractivity contribution in [2.45, 2.75) is 59.3 Å². The topological polar surface area (TPSA) is 102 Å². The van der Waals surface area contributed by atoms with E-state index in [0.717, 1.165) is 0 Å². The van der Waals surface area contributed by atoms with Gasteiger partial charge in [0.15, 0.2) is 5.75 Å². The van der Waals surface area contributed by atoms with Crippen molar-refractivity contribution in [2.75, 3.05) is 13.2 Å². The van der Waals surface area contributed by atoms with E-state index in [2.05, 4.69) is 20.9 Å². The first kappa shape index (κ1) is 24.2. The minimum absolute atomic E-state index is 0.120. The van der Waals surface area contributed by atoms with Crippen molar-refractivity contribution in [3.05, 3.63) is 41.4 Å².